The third kappa shape index (κ3) is 3.02. The van der Waals surface area contributed by atoms with Crippen molar-refractivity contribution in [3.05, 3.63) is 29.1 Å². The smallest absolute Gasteiger partial charge is 0.243 e. The molecule has 2 rings (SSSR count). The molecule has 0 atom stereocenters. The van der Waals surface area contributed by atoms with E-state index in [9.17, 15) is 12.8 Å². The van der Waals surface area contributed by atoms with E-state index >= 15 is 0 Å². The summed E-state index contributed by atoms with van der Waals surface area (Å²) < 4.78 is 40.6. The first-order chi connectivity index (χ1) is 9.46. The standard InChI is InChI=1S/C14H21FN2O2S/c1-3-16-10-12-8-13(15)11(2)14(9-12)20(18,19)17-6-4-5-7-17/h8-9,16H,3-7,10H2,1-2H3. The van der Waals surface area contributed by atoms with Crippen molar-refractivity contribution < 1.29 is 12.8 Å². The molecule has 1 heterocycles. The Morgan fingerprint density at radius 3 is 2.55 bits per heavy atom. The van der Waals surface area contributed by atoms with Crippen molar-refractivity contribution >= 4 is 10.0 Å². The molecule has 0 bridgehead atoms. The zero-order valence-electron chi connectivity index (χ0n) is 11.9. The largest absolute Gasteiger partial charge is 0.313 e. The molecule has 0 spiro atoms. The van der Waals surface area contributed by atoms with Crippen LogP contribution in [0.5, 0.6) is 0 Å². The SMILES string of the molecule is CCNCc1cc(F)c(C)c(S(=O)(=O)N2CCCC2)c1. The Hall–Kier alpha value is -0.980. The summed E-state index contributed by atoms with van der Waals surface area (Å²) in [6.07, 6.45) is 1.75. The first-order valence-electron chi connectivity index (χ1n) is 6.96. The van der Waals surface area contributed by atoms with Gasteiger partial charge < -0.3 is 5.32 Å². The monoisotopic (exact) mass is 300 g/mol. The Labute approximate surface area is 120 Å². The number of benzene rings is 1. The summed E-state index contributed by atoms with van der Waals surface area (Å²) in [4.78, 5) is 0.104. The van der Waals surface area contributed by atoms with Gasteiger partial charge in [0.15, 0.2) is 0 Å². The van der Waals surface area contributed by atoms with Gasteiger partial charge in [0.05, 0.1) is 4.90 Å². The quantitative estimate of drug-likeness (QED) is 0.905. The number of halogens is 1. The van der Waals surface area contributed by atoms with Crippen molar-refractivity contribution in [1.82, 2.24) is 9.62 Å². The molecule has 112 valence electrons. The molecule has 6 heteroatoms. The van der Waals surface area contributed by atoms with Crippen LogP contribution in [0.25, 0.3) is 0 Å². The Bertz CT molecular complexity index is 581. The zero-order chi connectivity index (χ0) is 14.8. The summed E-state index contributed by atoms with van der Waals surface area (Å²) >= 11 is 0. The summed E-state index contributed by atoms with van der Waals surface area (Å²) in [5.74, 6) is -0.460. The maximum absolute atomic E-state index is 14.0. The minimum atomic E-state index is -3.57. The maximum atomic E-state index is 14.0. The van der Waals surface area contributed by atoms with Gasteiger partial charge in [0, 0.05) is 25.2 Å². The molecule has 1 aliphatic rings. The second-order valence-corrected chi connectivity index (χ2v) is 7.00. The second kappa shape index (κ2) is 6.20. The summed E-state index contributed by atoms with van der Waals surface area (Å²) in [5, 5.41) is 3.08. The van der Waals surface area contributed by atoms with Crippen molar-refractivity contribution in [3.63, 3.8) is 0 Å². The Morgan fingerprint density at radius 1 is 1.30 bits per heavy atom. The first kappa shape index (κ1) is 15.4. The molecule has 20 heavy (non-hydrogen) atoms. The van der Waals surface area contributed by atoms with Crippen molar-refractivity contribution in [2.75, 3.05) is 19.6 Å². The molecule has 0 aromatic heterocycles. The molecule has 0 unspecified atom stereocenters. The molecular weight excluding hydrogens is 279 g/mol. The van der Waals surface area contributed by atoms with Crippen LogP contribution in [0.2, 0.25) is 0 Å². The summed E-state index contributed by atoms with van der Waals surface area (Å²) in [5.41, 5.74) is 0.866. The predicted molar refractivity (Wildman–Crippen MR) is 76.5 cm³/mol. The van der Waals surface area contributed by atoms with Crippen LogP contribution in [0, 0.1) is 12.7 Å². The molecule has 1 fully saturated rings. The van der Waals surface area contributed by atoms with Crippen LogP contribution < -0.4 is 5.32 Å². The Balaban J connectivity index is 2.41. The number of hydrogen-bond donors (Lipinski definition) is 1. The highest BCUT2D eigenvalue weighted by Gasteiger charge is 2.29. The summed E-state index contributed by atoms with van der Waals surface area (Å²) in [6.45, 7) is 5.75. The Morgan fingerprint density at radius 2 is 1.95 bits per heavy atom. The Kier molecular flexibility index (Phi) is 4.78. The van der Waals surface area contributed by atoms with Gasteiger partial charge in [0.2, 0.25) is 10.0 Å². The van der Waals surface area contributed by atoms with Crippen LogP contribution in [-0.2, 0) is 16.6 Å². The molecule has 1 aliphatic heterocycles. The van der Waals surface area contributed by atoms with E-state index in [1.165, 1.54) is 17.3 Å². The van der Waals surface area contributed by atoms with E-state index in [1.54, 1.807) is 6.07 Å². The number of hydrogen-bond acceptors (Lipinski definition) is 3. The van der Waals surface area contributed by atoms with Gasteiger partial charge in [-0.3, -0.25) is 0 Å². The minimum Gasteiger partial charge on any atom is -0.313 e. The molecular formula is C14H21FN2O2S. The summed E-state index contributed by atoms with van der Waals surface area (Å²) in [6, 6.07) is 3.00. The lowest BCUT2D eigenvalue weighted by Gasteiger charge is -2.18. The fourth-order valence-electron chi connectivity index (χ4n) is 2.41. The third-order valence-electron chi connectivity index (χ3n) is 3.62. The highest BCUT2D eigenvalue weighted by atomic mass is 32.2. The van der Waals surface area contributed by atoms with Gasteiger partial charge in [-0.05, 0) is 44.0 Å². The van der Waals surface area contributed by atoms with Crippen LogP contribution in [0.3, 0.4) is 0 Å². The van der Waals surface area contributed by atoms with E-state index in [2.05, 4.69) is 5.32 Å². The molecule has 0 saturated carbocycles. The summed E-state index contributed by atoms with van der Waals surface area (Å²) in [7, 11) is -3.57. The van der Waals surface area contributed by atoms with Gasteiger partial charge in [-0.25, -0.2) is 12.8 Å². The number of rotatable bonds is 5. The predicted octanol–water partition coefficient (Wildman–Crippen LogP) is 2.03. The second-order valence-electron chi connectivity index (χ2n) is 5.09. The van der Waals surface area contributed by atoms with Crippen molar-refractivity contribution in [1.29, 1.82) is 0 Å². The third-order valence-corrected chi connectivity index (χ3v) is 5.64. The van der Waals surface area contributed by atoms with Gasteiger partial charge in [-0.15, -0.1) is 0 Å². The van der Waals surface area contributed by atoms with Crippen molar-refractivity contribution in [2.45, 2.75) is 38.1 Å². The van der Waals surface area contributed by atoms with Gasteiger partial charge in [0.1, 0.15) is 5.82 Å². The van der Waals surface area contributed by atoms with E-state index in [0.717, 1.165) is 19.4 Å². The number of nitrogens with zero attached hydrogens (tertiary/aromatic N) is 1. The lowest BCUT2D eigenvalue weighted by atomic mass is 10.1. The molecule has 1 N–H and O–H groups in total. The maximum Gasteiger partial charge on any atom is 0.243 e. The van der Waals surface area contributed by atoms with Crippen molar-refractivity contribution in [2.24, 2.45) is 0 Å². The zero-order valence-corrected chi connectivity index (χ0v) is 12.8. The molecule has 4 nitrogen and oxygen atoms in total. The van der Waals surface area contributed by atoms with E-state index in [4.69, 9.17) is 0 Å². The van der Waals surface area contributed by atoms with Crippen LogP contribution in [-0.4, -0.2) is 32.4 Å². The van der Waals surface area contributed by atoms with Crippen LogP contribution >= 0.6 is 0 Å². The normalized spacial score (nSPS) is 16.8. The lowest BCUT2D eigenvalue weighted by molar-refractivity contribution is 0.475. The fraction of sp³-hybridized carbons (Fsp3) is 0.571. The first-order valence-corrected chi connectivity index (χ1v) is 8.40. The van der Waals surface area contributed by atoms with Gasteiger partial charge >= 0.3 is 0 Å². The molecule has 0 aliphatic carbocycles. The topological polar surface area (TPSA) is 49.4 Å². The van der Waals surface area contributed by atoms with Gasteiger partial charge in [0.25, 0.3) is 0 Å². The van der Waals surface area contributed by atoms with E-state index in [0.29, 0.717) is 25.2 Å². The number of sulfonamides is 1. The van der Waals surface area contributed by atoms with Crippen molar-refractivity contribution in [3.8, 4) is 0 Å². The highest BCUT2D eigenvalue weighted by Crippen LogP contribution is 2.26. The molecule has 1 saturated heterocycles. The van der Waals surface area contributed by atoms with E-state index in [1.807, 2.05) is 6.92 Å². The van der Waals surface area contributed by atoms with Crippen LogP contribution in [0.1, 0.15) is 30.9 Å². The number of nitrogens with one attached hydrogen (secondary N) is 1. The van der Waals surface area contributed by atoms with Gasteiger partial charge in [-0.1, -0.05) is 6.92 Å². The average molecular weight is 300 g/mol. The molecule has 1 aromatic rings. The van der Waals surface area contributed by atoms with Crippen LogP contribution in [0.4, 0.5) is 4.39 Å². The molecule has 0 radical (unpaired) electrons. The van der Waals surface area contributed by atoms with Gasteiger partial charge in [-0.2, -0.15) is 4.31 Å². The minimum absolute atomic E-state index is 0.104. The highest BCUT2D eigenvalue weighted by molar-refractivity contribution is 7.89. The van der Waals surface area contributed by atoms with E-state index in [-0.39, 0.29) is 10.5 Å². The molecule has 0 amide bonds. The average Bonchev–Trinajstić information content (AvgIpc) is 2.94. The van der Waals surface area contributed by atoms with E-state index < -0.39 is 15.8 Å². The van der Waals surface area contributed by atoms with Crippen LogP contribution in [0.15, 0.2) is 17.0 Å². The lowest BCUT2D eigenvalue weighted by Crippen LogP contribution is -2.29. The molecule has 1 aromatic carbocycles. The fourth-order valence-corrected chi connectivity index (χ4v) is 4.22.